The summed E-state index contributed by atoms with van der Waals surface area (Å²) in [5, 5.41) is 0. The summed E-state index contributed by atoms with van der Waals surface area (Å²) < 4.78 is 92.7. The van der Waals surface area contributed by atoms with Crippen LogP contribution in [0.5, 0.6) is 17.2 Å². The van der Waals surface area contributed by atoms with E-state index in [2.05, 4.69) is 9.97 Å². The van der Waals surface area contributed by atoms with Gasteiger partial charge in [0.1, 0.15) is 11.4 Å². The molecule has 0 bridgehead atoms. The molecule has 0 unspecified atom stereocenters. The van der Waals surface area contributed by atoms with Crippen LogP contribution in [0.2, 0.25) is 0 Å². The second-order valence-corrected chi connectivity index (χ2v) is 4.87. The van der Waals surface area contributed by atoms with Gasteiger partial charge < -0.3 is 14.2 Å². The van der Waals surface area contributed by atoms with Gasteiger partial charge in [-0.2, -0.15) is 26.3 Å². The summed E-state index contributed by atoms with van der Waals surface area (Å²) in [7, 11) is 3.78. The molecule has 0 fully saturated rings. The molecular formula is C15H12F6N2O3. The Bertz CT molecular complexity index is 748. The van der Waals surface area contributed by atoms with Gasteiger partial charge in [0, 0.05) is 5.56 Å². The lowest BCUT2D eigenvalue weighted by Crippen LogP contribution is -2.16. The Balaban J connectivity index is 2.75. The highest BCUT2D eigenvalue weighted by Gasteiger charge is 2.39. The zero-order valence-corrected chi connectivity index (χ0v) is 13.6. The molecule has 1 heterocycles. The van der Waals surface area contributed by atoms with E-state index in [1.807, 2.05) is 0 Å². The van der Waals surface area contributed by atoms with Crippen LogP contribution in [0.1, 0.15) is 11.4 Å². The van der Waals surface area contributed by atoms with Crippen molar-refractivity contribution < 1.29 is 40.6 Å². The van der Waals surface area contributed by atoms with Gasteiger partial charge in [0.25, 0.3) is 0 Å². The smallest absolute Gasteiger partial charge is 0.433 e. The van der Waals surface area contributed by atoms with Crippen LogP contribution in [-0.2, 0) is 12.4 Å². The quantitative estimate of drug-likeness (QED) is 0.742. The van der Waals surface area contributed by atoms with Crippen LogP contribution in [-0.4, -0.2) is 31.3 Å². The van der Waals surface area contributed by atoms with Gasteiger partial charge in [0.2, 0.25) is 5.75 Å². The van der Waals surface area contributed by atoms with E-state index in [0.29, 0.717) is 0 Å². The van der Waals surface area contributed by atoms with Gasteiger partial charge in [-0.15, -0.1) is 0 Å². The number of aromatic nitrogens is 2. The molecule has 0 aliphatic rings. The average molecular weight is 382 g/mol. The van der Waals surface area contributed by atoms with Crippen LogP contribution in [0.25, 0.3) is 11.4 Å². The van der Waals surface area contributed by atoms with Crippen molar-refractivity contribution in [2.45, 2.75) is 12.4 Å². The molecule has 0 aliphatic heterocycles. The highest BCUT2D eigenvalue weighted by atomic mass is 19.4. The van der Waals surface area contributed by atoms with Crippen molar-refractivity contribution in [3.8, 4) is 28.6 Å². The van der Waals surface area contributed by atoms with Crippen molar-refractivity contribution in [2.24, 2.45) is 0 Å². The third kappa shape index (κ3) is 3.92. The Kier molecular flexibility index (Phi) is 5.19. The summed E-state index contributed by atoms with van der Waals surface area (Å²) in [6.07, 6.45) is -10.2. The molecule has 142 valence electrons. The minimum Gasteiger partial charge on any atom is -0.493 e. The average Bonchev–Trinajstić information content (AvgIpc) is 2.58. The molecule has 0 atom stereocenters. The minimum absolute atomic E-state index is 0.0245. The van der Waals surface area contributed by atoms with Gasteiger partial charge in [-0.05, 0) is 18.2 Å². The number of ether oxygens (including phenoxy) is 3. The predicted molar refractivity (Wildman–Crippen MR) is 77.1 cm³/mol. The summed E-state index contributed by atoms with van der Waals surface area (Å²) in [5.41, 5.74) is -3.61. The van der Waals surface area contributed by atoms with Crippen LogP contribution in [0, 0.1) is 0 Å². The first-order chi connectivity index (χ1) is 12.0. The molecular weight excluding hydrogens is 370 g/mol. The lowest BCUT2D eigenvalue weighted by molar-refractivity contribution is -0.147. The first-order valence-electron chi connectivity index (χ1n) is 6.85. The molecule has 0 radical (unpaired) electrons. The molecule has 0 N–H and O–H groups in total. The fourth-order valence-electron chi connectivity index (χ4n) is 2.08. The number of hydrogen-bond acceptors (Lipinski definition) is 5. The molecule has 0 aliphatic carbocycles. The van der Waals surface area contributed by atoms with Crippen LogP contribution in [0.4, 0.5) is 26.3 Å². The molecule has 2 rings (SSSR count). The van der Waals surface area contributed by atoms with E-state index < -0.39 is 29.6 Å². The number of methoxy groups -OCH3 is 3. The van der Waals surface area contributed by atoms with Crippen molar-refractivity contribution in [3.05, 3.63) is 29.6 Å². The topological polar surface area (TPSA) is 53.5 Å². The van der Waals surface area contributed by atoms with E-state index >= 15 is 0 Å². The van der Waals surface area contributed by atoms with Crippen molar-refractivity contribution in [2.75, 3.05) is 21.3 Å². The zero-order chi connectivity index (χ0) is 19.7. The van der Waals surface area contributed by atoms with E-state index in [1.54, 1.807) is 0 Å². The fraction of sp³-hybridized carbons (Fsp3) is 0.333. The van der Waals surface area contributed by atoms with E-state index in [1.165, 1.54) is 21.3 Å². The summed E-state index contributed by atoms with van der Waals surface area (Å²) in [5.74, 6) is -0.624. The van der Waals surface area contributed by atoms with E-state index in [0.717, 1.165) is 12.1 Å². The summed E-state index contributed by atoms with van der Waals surface area (Å²) in [6, 6.07) is 2.15. The first kappa shape index (κ1) is 19.6. The van der Waals surface area contributed by atoms with Crippen molar-refractivity contribution in [1.29, 1.82) is 0 Å². The molecule has 0 amide bonds. The monoisotopic (exact) mass is 382 g/mol. The summed E-state index contributed by atoms with van der Waals surface area (Å²) in [6.45, 7) is 0. The third-order valence-corrected chi connectivity index (χ3v) is 3.23. The molecule has 5 nitrogen and oxygen atoms in total. The molecule has 0 saturated carbocycles. The lowest BCUT2D eigenvalue weighted by Gasteiger charge is -2.15. The SMILES string of the molecule is COc1cc(-c2nc(C(F)(F)F)cc(C(F)(F)F)n2)cc(OC)c1OC. The van der Waals surface area contributed by atoms with Crippen molar-refractivity contribution in [3.63, 3.8) is 0 Å². The standard InChI is InChI=1S/C15H12F6N2O3/c1-24-8-4-7(5-9(25-2)12(8)26-3)13-22-10(14(16,17)18)6-11(23-13)15(19,20)21/h4-6H,1-3H3. The van der Waals surface area contributed by atoms with Gasteiger partial charge in [-0.3, -0.25) is 0 Å². The zero-order valence-electron chi connectivity index (χ0n) is 13.6. The molecule has 1 aromatic heterocycles. The minimum atomic E-state index is -5.08. The van der Waals surface area contributed by atoms with Gasteiger partial charge in [-0.25, -0.2) is 9.97 Å². The Hall–Kier alpha value is -2.72. The fourth-order valence-corrected chi connectivity index (χ4v) is 2.08. The third-order valence-electron chi connectivity index (χ3n) is 3.23. The molecule has 26 heavy (non-hydrogen) atoms. The van der Waals surface area contributed by atoms with E-state index in [9.17, 15) is 26.3 Å². The van der Waals surface area contributed by atoms with Gasteiger partial charge in [0.15, 0.2) is 17.3 Å². The number of benzene rings is 1. The van der Waals surface area contributed by atoms with Crippen LogP contribution < -0.4 is 14.2 Å². The van der Waals surface area contributed by atoms with Crippen molar-refractivity contribution >= 4 is 0 Å². The second-order valence-electron chi connectivity index (χ2n) is 4.87. The predicted octanol–water partition coefficient (Wildman–Crippen LogP) is 4.21. The van der Waals surface area contributed by atoms with Crippen molar-refractivity contribution in [1.82, 2.24) is 9.97 Å². The highest BCUT2D eigenvalue weighted by molar-refractivity contribution is 5.67. The van der Waals surface area contributed by atoms with Gasteiger partial charge in [0.05, 0.1) is 21.3 Å². The Morgan fingerprint density at radius 1 is 0.692 bits per heavy atom. The largest absolute Gasteiger partial charge is 0.493 e. The van der Waals surface area contributed by atoms with Crippen LogP contribution >= 0.6 is 0 Å². The normalized spacial score (nSPS) is 12.0. The highest BCUT2D eigenvalue weighted by Crippen LogP contribution is 2.41. The molecule has 2 aromatic rings. The van der Waals surface area contributed by atoms with Gasteiger partial charge >= 0.3 is 12.4 Å². The maximum Gasteiger partial charge on any atom is 0.433 e. The molecule has 0 spiro atoms. The Morgan fingerprint density at radius 3 is 1.42 bits per heavy atom. The number of rotatable bonds is 4. The maximum absolute atomic E-state index is 12.9. The van der Waals surface area contributed by atoms with Crippen LogP contribution in [0.3, 0.4) is 0 Å². The first-order valence-corrected chi connectivity index (χ1v) is 6.85. The van der Waals surface area contributed by atoms with Gasteiger partial charge in [-0.1, -0.05) is 0 Å². The Morgan fingerprint density at radius 2 is 1.12 bits per heavy atom. The molecule has 11 heteroatoms. The van der Waals surface area contributed by atoms with E-state index in [4.69, 9.17) is 14.2 Å². The van der Waals surface area contributed by atoms with E-state index in [-0.39, 0.29) is 28.9 Å². The number of nitrogens with zero attached hydrogens (tertiary/aromatic N) is 2. The summed E-state index contributed by atoms with van der Waals surface area (Å²) >= 11 is 0. The molecule has 0 saturated heterocycles. The second kappa shape index (κ2) is 6.89. The number of alkyl halides is 6. The molecule has 1 aromatic carbocycles. The number of hydrogen-bond donors (Lipinski definition) is 0. The summed E-state index contributed by atoms with van der Waals surface area (Å²) in [4.78, 5) is 6.41. The Labute approximate surface area is 143 Å². The maximum atomic E-state index is 12.9. The number of halogens is 6. The lowest BCUT2D eigenvalue weighted by atomic mass is 10.1. The van der Waals surface area contributed by atoms with Crippen LogP contribution in [0.15, 0.2) is 18.2 Å².